The van der Waals surface area contributed by atoms with Crippen LogP contribution in [0.4, 0.5) is 11.9 Å². The minimum Gasteiger partial charge on any atom is -0.467 e. The lowest BCUT2D eigenvalue weighted by Gasteiger charge is -2.36. The van der Waals surface area contributed by atoms with E-state index in [9.17, 15) is 5.11 Å². The van der Waals surface area contributed by atoms with E-state index in [4.69, 9.17) is 10.5 Å². The molecule has 4 N–H and O–H groups in total. The Morgan fingerprint density at radius 1 is 1.28 bits per heavy atom. The second-order valence-electron chi connectivity index (χ2n) is 4.63. The molecule has 0 radical (unpaired) electrons. The zero-order valence-corrected chi connectivity index (χ0v) is 10.5. The van der Waals surface area contributed by atoms with E-state index in [-0.39, 0.29) is 24.1 Å². The van der Waals surface area contributed by atoms with Gasteiger partial charge in [-0.25, -0.2) is 0 Å². The summed E-state index contributed by atoms with van der Waals surface area (Å²) in [7, 11) is 1.47. The SMILES string of the molecule is COc1nc(N)nc(NC2(CO)CCCCC2)n1. The number of nitrogens with two attached hydrogens (primary N) is 1. The van der Waals surface area contributed by atoms with Crippen molar-refractivity contribution in [3.63, 3.8) is 0 Å². The Morgan fingerprint density at radius 2 is 2.00 bits per heavy atom. The number of rotatable bonds is 4. The van der Waals surface area contributed by atoms with Crippen LogP contribution in [-0.4, -0.2) is 39.3 Å². The molecule has 0 spiro atoms. The Labute approximate surface area is 106 Å². The van der Waals surface area contributed by atoms with Gasteiger partial charge in [-0.3, -0.25) is 0 Å². The normalized spacial score (nSPS) is 18.3. The van der Waals surface area contributed by atoms with Crippen molar-refractivity contribution in [1.82, 2.24) is 15.0 Å². The summed E-state index contributed by atoms with van der Waals surface area (Å²) in [5.41, 5.74) is 5.23. The molecule has 1 aliphatic carbocycles. The fourth-order valence-corrected chi connectivity index (χ4v) is 2.31. The van der Waals surface area contributed by atoms with Crippen LogP contribution in [0.1, 0.15) is 32.1 Å². The molecule has 0 aliphatic heterocycles. The Kier molecular flexibility index (Phi) is 3.81. The first-order valence-electron chi connectivity index (χ1n) is 6.12. The van der Waals surface area contributed by atoms with E-state index in [0.717, 1.165) is 25.7 Å². The first-order chi connectivity index (χ1) is 8.67. The second kappa shape index (κ2) is 5.34. The Hall–Kier alpha value is -1.63. The van der Waals surface area contributed by atoms with Crippen molar-refractivity contribution >= 4 is 11.9 Å². The van der Waals surface area contributed by atoms with Crippen molar-refractivity contribution < 1.29 is 9.84 Å². The number of nitrogens with zero attached hydrogens (tertiary/aromatic N) is 3. The molecule has 1 saturated carbocycles. The summed E-state index contributed by atoms with van der Waals surface area (Å²) in [5, 5.41) is 12.8. The first kappa shape index (κ1) is 12.8. The number of aliphatic hydroxyl groups is 1. The maximum absolute atomic E-state index is 9.60. The van der Waals surface area contributed by atoms with Crippen LogP contribution < -0.4 is 15.8 Å². The molecule has 7 nitrogen and oxygen atoms in total. The smallest absolute Gasteiger partial charge is 0.322 e. The van der Waals surface area contributed by atoms with Gasteiger partial charge in [0, 0.05) is 0 Å². The van der Waals surface area contributed by atoms with Gasteiger partial charge < -0.3 is 20.9 Å². The highest BCUT2D eigenvalue weighted by Crippen LogP contribution is 2.30. The topological polar surface area (TPSA) is 106 Å². The number of nitrogens with one attached hydrogen (secondary N) is 1. The molecule has 2 rings (SSSR count). The molecule has 1 aromatic heterocycles. The fourth-order valence-electron chi connectivity index (χ4n) is 2.31. The van der Waals surface area contributed by atoms with Gasteiger partial charge in [-0.15, -0.1) is 0 Å². The molecule has 1 heterocycles. The van der Waals surface area contributed by atoms with Crippen molar-refractivity contribution in [2.45, 2.75) is 37.6 Å². The molecule has 1 fully saturated rings. The second-order valence-corrected chi connectivity index (χ2v) is 4.63. The quantitative estimate of drug-likeness (QED) is 0.720. The molecule has 0 aromatic carbocycles. The number of aliphatic hydroxyl groups excluding tert-OH is 1. The van der Waals surface area contributed by atoms with Crippen molar-refractivity contribution in [3.05, 3.63) is 0 Å². The molecule has 0 amide bonds. The summed E-state index contributed by atoms with van der Waals surface area (Å²) in [6.07, 6.45) is 5.18. The van der Waals surface area contributed by atoms with E-state index in [2.05, 4.69) is 20.3 Å². The Morgan fingerprint density at radius 3 is 2.61 bits per heavy atom. The van der Waals surface area contributed by atoms with Crippen LogP contribution in [0.2, 0.25) is 0 Å². The van der Waals surface area contributed by atoms with Gasteiger partial charge in [0.05, 0.1) is 19.3 Å². The highest BCUT2D eigenvalue weighted by Gasteiger charge is 2.32. The number of anilines is 2. The Bertz CT molecular complexity index is 406. The molecule has 0 unspecified atom stereocenters. The van der Waals surface area contributed by atoms with Gasteiger partial charge in [-0.05, 0) is 12.8 Å². The van der Waals surface area contributed by atoms with Crippen LogP contribution in [0.3, 0.4) is 0 Å². The number of nitrogen functional groups attached to an aromatic ring is 1. The molecule has 1 aromatic rings. The van der Waals surface area contributed by atoms with E-state index in [1.165, 1.54) is 13.5 Å². The van der Waals surface area contributed by atoms with Crippen LogP contribution in [0.25, 0.3) is 0 Å². The summed E-state index contributed by atoms with van der Waals surface area (Å²) in [4.78, 5) is 11.9. The van der Waals surface area contributed by atoms with E-state index in [0.29, 0.717) is 5.95 Å². The van der Waals surface area contributed by atoms with Crippen molar-refractivity contribution in [2.24, 2.45) is 0 Å². The van der Waals surface area contributed by atoms with Gasteiger partial charge in [0.2, 0.25) is 11.9 Å². The molecular formula is C11H19N5O2. The molecule has 0 atom stereocenters. The third-order valence-corrected chi connectivity index (χ3v) is 3.31. The predicted molar refractivity (Wildman–Crippen MR) is 67.3 cm³/mol. The summed E-state index contributed by atoms with van der Waals surface area (Å²) >= 11 is 0. The maximum atomic E-state index is 9.60. The van der Waals surface area contributed by atoms with Crippen LogP contribution in [0.15, 0.2) is 0 Å². The molecule has 100 valence electrons. The molecular weight excluding hydrogens is 234 g/mol. The van der Waals surface area contributed by atoms with Gasteiger partial charge in [0.25, 0.3) is 0 Å². The molecule has 1 aliphatic rings. The molecule has 0 saturated heterocycles. The van der Waals surface area contributed by atoms with Crippen molar-refractivity contribution in [1.29, 1.82) is 0 Å². The van der Waals surface area contributed by atoms with E-state index in [1.807, 2.05) is 0 Å². The number of hydrogen-bond donors (Lipinski definition) is 3. The lowest BCUT2D eigenvalue weighted by Crippen LogP contribution is -2.44. The number of methoxy groups -OCH3 is 1. The minimum atomic E-state index is -0.350. The summed E-state index contributed by atoms with van der Waals surface area (Å²) < 4.78 is 4.95. The summed E-state index contributed by atoms with van der Waals surface area (Å²) in [6.45, 7) is 0.0565. The summed E-state index contributed by atoms with van der Waals surface area (Å²) in [6, 6.07) is 0.175. The minimum absolute atomic E-state index is 0.0565. The average molecular weight is 253 g/mol. The highest BCUT2D eigenvalue weighted by atomic mass is 16.5. The van der Waals surface area contributed by atoms with Gasteiger partial charge in [0.15, 0.2) is 0 Å². The number of hydrogen-bond acceptors (Lipinski definition) is 7. The lowest BCUT2D eigenvalue weighted by atomic mass is 9.82. The first-order valence-corrected chi connectivity index (χ1v) is 6.12. The van der Waals surface area contributed by atoms with E-state index >= 15 is 0 Å². The maximum Gasteiger partial charge on any atom is 0.322 e. The van der Waals surface area contributed by atoms with Crippen LogP contribution in [0.5, 0.6) is 6.01 Å². The van der Waals surface area contributed by atoms with Gasteiger partial charge in [0.1, 0.15) is 0 Å². The van der Waals surface area contributed by atoms with E-state index < -0.39 is 0 Å². The third-order valence-electron chi connectivity index (χ3n) is 3.31. The zero-order chi connectivity index (χ0) is 13.0. The molecule has 0 bridgehead atoms. The number of ether oxygens (including phenoxy) is 1. The Balaban J connectivity index is 2.18. The van der Waals surface area contributed by atoms with Gasteiger partial charge in [-0.1, -0.05) is 19.3 Å². The monoisotopic (exact) mass is 253 g/mol. The average Bonchev–Trinajstić information content (AvgIpc) is 2.39. The number of aromatic nitrogens is 3. The summed E-state index contributed by atoms with van der Waals surface area (Å²) in [5.74, 6) is 0.462. The highest BCUT2D eigenvalue weighted by molar-refractivity contribution is 5.35. The molecule has 18 heavy (non-hydrogen) atoms. The van der Waals surface area contributed by atoms with Gasteiger partial charge in [-0.2, -0.15) is 15.0 Å². The van der Waals surface area contributed by atoms with Crippen LogP contribution in [0, 0.1) is 0 Å². The van der Waals surface area contributed by atoms with E-state index in [1.54, 1.807) is 0 Å². The van der Waals surface area contributed by atoms with Crippen molar-refractivity contribution in [2.75, 3.05) is 24.8 Å². The largest absolute Gasteiger partial charge is 0.467 e. The third kappa shape index (κ3) is 2.79. The van der Waals surface area contributed by atoms with Crippen LogP contribution in [-0.2, 0) is 0 Å². The standard InChI is InChI=1S/C11H19N5O2/c1-18-10-14-8(12)13-9(15-10)16-11(7-17)5-3-2-4-6-11/h17H,2-7H2,1H3,(H3,12,13,14,15,16). The van der Waals surface area contributed by atoms with Crippen LogP contribution >= 0.6 is 0 Å². The predicted octanol–water partition coefficient (Wildman–Crippen LogP) is 0.569. The zero-order valence-electron chi connectivity index (χ0n) is 10.5. The lowest BCUT2D eigenvalue weighted by molar-refractivity contribution is 0.172. The molecule has 7 heteroatoms. The fraction of sp³-hybridized carbons (Fsp3) is 0.727. The van der Waals surface area contributed by atoms with Crippen molar-refractivity contribution in [3.8, 4) is 6.01 Å². The van der Waals surface area contributed by atoms with Gasteiger partial charge >= 0.3 is 6.01 Å².